The highest BCUT2D eigenvalue weighted by Crippen LogP contribution is 2.25. The summed E-state index contributed by atoms with van der Waals surface area (Å²) in [6.45, 7) is 4.35. The van der Waals surface area contributed by atoms with Crippen LogP contribution in [-0.2, 0) is 8.68 Å². The van der Waals surface area contributed by atoms with Crippen molar-refractivity contribution in [2.45, 2.75) is 13.1 Å². The lowest BCUT2D eigenvalue weighted by Gasteiger charge is -1.93. The van der Waals surface area contributed by atoms with E-state index in [0.29, 0.717) is 0 Å². The van der Waals surface area contributed by atoms with Gasteiger partial charge in [0.25, 0.3) is 0 Å². The zero-order chi connectivity index (χ0) is 8.78. The van der Waals surface area contributed by atoms with E-state index in [1.807, 2.05) is 0 Å². The lowest BCUT2D eigenvalue weighted by Crippen LogP contribution is -2.02. The van der Waals surface area contributed by atoms with Gasteiger partial charge in [0.1, 0.15) is 10.5 Å². The Balaban J connectivity index is 0. The molecule has 0 amide bonds. The second kappa shape index (κ2) is 6.23. The first kappa shape index (κ1) is 13.1. The standard InChI is InChI=1S/C2H10OSi2.H3O4P/c1-5(2)3-4;1-5(2,3)4/h5H,1-2,4H3;(H3,1,2,3,4). The van der Waals surface area contributed by atoms with Crippen LogP contribution in [0.2, 0.25) is 13.1 Å². The Bertz CT molecular complexity index is 102. The molecule has 64 valence electrons. The van der Waals surface area contributed by atoms with Crippen LogP contribution in [-0.4, -0.2) is 34.2 Å². The molecule has 0 unspecified atom stereocenters. The summed E-state index contributed by atoms with van der Waals surface area (Å²) in [4.78, 5) is 21.6. The minimum atomic E-state index is -4.64. The molecular weight excluding hydrogens is 191 g/mol. The highest BCUT2D eigenvalue weighted by Gasteiger charge is 2.00. The Morgan fingerprint density at radius 3 is 1.50 bits per heavy atom. The molecule has 3 N–H and O–H groups in total. The van der Waals surface area contributed by atoms with Crippen LogP contribution >= 0.6 is 7.82 Å². The van der Waals surface area contributed by atoms with Crippen molar-refractivity contribution < 1.29 is 23.4 Å². The van der Waals surface area contributed by atoms with Gasteiger partial charge in [-0.25, -0.2) is 4.57 Å². The van der Waals surface area contributed by atoms with E-state index in [1.54, 1.807) is 0 Å². The first-order valence-electron chi connectivity index (χ1n) is 2.58. The Kier molecular flexibility index (Phi) is 8.17. The first-order chi connectivity index (χ1) is 4.27. The SMILES string of the molecule is C[SiH](C)O[SiH3].O=P(O)(O)O. The third-order valence-electron chi connectivity index (χ3n) is 0.471. The Hall–Kier alpha value is 0.504. The second-order valence-electron chi connectivity index (χ2n) is 1.80. The summed E-state index contributed by atoms with van der Waals surface area (Å²) < 4.78 is 13.9. The number of phosphoric acid groups is 1. The monoisotopic (exact) mass is 204 g/mol. The molecule has 0 aromatic rings. The summed E-state index contributed by atoms with van der Waals surface area (Å²) in [7, 11) is -4.29. The summed E-state index contributed by atoms with van der Waals surface area (Å²) in [5.74, 6) is 0. The van der Waals surface area contributed by atoms with Crippen LogP contribution < -0.4 is 0 Å². The van der Waals surface area contributed by atoms with E-state index in [4.69, 9.17) is 23.4 Å². The van der Waals surface area contributed by atoms with Gasteiger partial charge in [0.15, 0.2) is 9.04 Å². The Morgan fingerprint density at radius 1 is 1.40 bits per heavy atom. The van der Waals surface area contributed by atoms with Crippen LogP contribution in [0, 0.1) is 0 Å². The van der Waals surface area contributed by atoms with Crippen molar-refractivity contribution in [2.24, 2.45) is 0 Å². The molecule has 0 aliphatic heterocycles. The van der Waals surface area contributed by atoms with Gasteiger partial charge < -0.3 is 18.8 Å². The van der Waals surface area contributed by atoms with E-state index in [1.165, 1.54) is 0 Å². The lowest BCUT2D eigenvalue weighted by atomic mass is 11.9. The van der Waals surface area contributed by atoms with Crippen LogP contribution in [0.25, 0.3) is 0 Å². The number of rotatable bonds is 1. The van der Waals surface area contributed by atoms with Crippen LogP contribution in [0.1, 0.15) is 0 Å². The summed E-state index contributed by atoms with van der Waals surface area (Å²) in [5, 5.41) is 0. The average molecular weight is 204 g/mol. The van der Waals surface area contributed by atoms with Crippen molar-refractivity contribution in [2.75, 3.05) is 0 Å². The summed E-state index contributed by atoms with van der Waals surface area (Å²) in [6, 6.07) is 0. The van der Waals surface area contributed by atoms with E-state index in [-0.39, 0.29) is 0 Å². The maximum atomic E-state index is 8.88. The summed E-state index contributed by atoms with van der Waals surface area (Å²) in [5.41, 5.74) is 0. The van der Waals surface area contributed by atoms with Crippen LogP contribution in [0.5, 0.6) is 0 Å². The van der Waals surface area contributed by atoms with Gasteiger partial charge in [-0.2, -0.15) is 0 Å². The van der Waals surface area contributed by atoms with Crippen molar-refractivity contribution in [3.8, 4) is 0 Å². The van der Waals surface area contributed by atoms with Gasteiger partial charge in [-0.15, -0.1) is 0 Å². The third kappa shape index (κ3) is 76.4. The van der Waals surface area contributed by atoms with Crippen molar-refractivity contribution in [3.05, 3.63) is 0 Å². The van der Waals surface area contributed by atoms with Crippen molar-refractivity contribution in [1.82, 2.24) is 0 Å². The van der Waals surface area contributed by atoms with Crippen molar-refractivity contribution >= 4 is 27.3 Å². The lowest BCUT2D eigenvalue weighted by molar-refractivity contribution is 0.275. The highest BCUT2D eigenvalue weighted by atomic mass is 31.2. The third-order valence-corrected chi connectivity index (χ3v) is 4.24. The average Bonchev–Trinajstić information content (AvgIpc) is 1.61. The Morgan fingerprint density at radius 2 is 1.50 bits per heavy atom. The fraction of sp³-hybridized carbons (Fsp3) is 1.00. The molecule has 5 nitrogen and oxygen atoms in total. The maximum absolute atomic E-state index is 8.88. The molecule has 0 heterocycles. The van der Waals surface area contributed by atoms with E-state index < -0.39 is 16.9 Å². The van der Waals surface area contributed by atoms with Gasteiger partial charge in [-0.1, -0.05) is 0 Å². The largest absolute Gasteiger partial charge is 0.466 e. The molecule has 0 rings (SSSR count). The van der Waals surface area contributed by atoms with Crippen molar-refractivity contribution in [1.29, 1.82) is 0 Å². The molecule has 0 atom stereocenters. The molecule has 0 aliphatic rings. The van der Waals surface area contributed by atoms with E-state index in [9.17, 15) is 0 Å². The molecule has 0 aromatic carbocycles. The molecule has 0 fully saturated rings. The molecule has 0 spiro atoms. The minimum Gasteiger partial charge on any atom is -0.466 e. The van der Waals surface area contributed by atoms with Crippen molar-refractivity contribution in [3.63, 3.8) is 0 Å². The Labute approximate surface area is 64.6 Å². The minimum absolute atomic E-state index is 0.588. The van der Waals surface area contributed by atoms with Crippen LogP contribution in [0.4, 0.5) is 0 Å². The van der Waals surface area contributed by atoms with E-state index in [2.05, 4.69) is 13.1 Å². The highest BCUT2D eigenvalue weighted by molar-refractivity contribution is 7.45. The summed E-state index contributed by atoms with van der Waals surface area (Å²) >= 11 is 0. The fourth-order valence-corrected chi connectivity index (χ4v) is 0. The predicted molar refractivity (Wildman–Crippen MR) is 44.2 cm³/mol. The zero-order valence-corrected chi connectivity index (χ0v) is 10.2. The van der Waals surface area contributed by atoms with E-state index >= 15 is 0 Å². The molecule has 8 heteroatoms. The number of hydrogen-bond donors (Lipinski definition) is 3. The smallest absolute Gasteiger partial charge is 0.466 e. The van der Waals surface area contributed by atoms with Crippen LogP contribution in [0.3, 0.4) is 0 Å². The second-order valence-corrected chi connectivity index (χ2v) is 6.81. The molecule has 0 saturated heterocycles. The first-order valence-corrected chi connectivity index (χ1v) is 7.74. The van der Waals surface area contributed by atoms with Crippen LogP contribution in [0.15, 0.2) is 0 Å². The molecule has 0 aromatic heterocycles. The molecule has 0 saturated carbocycles. The quantitative estimate of drug-likeness (QED) is 0.351. The topological polar surface area (TPSA) is 87.0 Å². The fourth-order valence-electron chi connectivity index (χ4n) is 0. The van der Waals surface area contributed by atoms with Gasteiger partial charge in [0.2, 0.25) is 0 Å². The van der Waals surface area contributed by atoms with Gasteiger partial charge in [-0.05, 0) is 13.1 Å². The maximum Gasteiger partial charge on any atom is 0.466 e. The van der Waals surface area contributed by atoms with Gasteiger partial charge in [0, 0.05) is 0 Å². The predicted octanol–water partition coefficient (Wildman–Crippen LogP) is -1.66. The summed E-state index contributed by atoms with van der Waals surface area (Å²) in [6.07, 6.45) is 0. The van der Waals surface area contributed by atoms with Gasteiger partial charge in [-0.3, -0.25) is 0 Å². The van der Waals surface area contributed by atoms with E-state index in [0.717, 1.165) is 10.5 Å². The zero-order valence-electron chi connectivity index (χ0n) is 6.18. The molecule has 0 aliphatic carbocycles. The molecule has 0 bridgehead atoms. The van der Waals surface area contributed by atoms with Gasteiger partial charge in [0.05, 0.1) is 0 Å². The molecule has 0 radical (unpaired) electrons. The number of hydrogen-bond acceptors (Lipinski definition) is 2. The molecule has 10 heavy (non-hydrogen) atoms. The van der Waals surface area contributed by atoms with Gasteiger partial charge >= 0.3 is 7.82 Å². The normalized spacial score (nSPS) is 11.0. The molecular formula is C2H13O5PSi2.